The van der Waals surface area contributed by atoms with Crippen LogP contribution in [0.2, 0.25) is 0 Å². The molecule has 1 aliphatic rings. The quantitative estimate of drug-likeness (QED) is 0.665. The maximum absolute atomic E-state index is 5.93. The first-order valence-corrected chi connectivity index (χ1v) is 6.24. The van der Waals surface area contributed by atoms with Gasteiger partial charge in [0.15, 0.2) is 5.96 Å². The molecule has 4 heteroatoms. The molecule has 0 radical (unpaired) electrons. The van der Waals surface area contributed by atoms with Crippen LogP contribution in [-0.2, 0) is 6.54 Å². The summed E-state index contributed by atoms with van der Waals surface area (Å²) >= 11 is 0. The molecule has 3 rings (SSSR count). The Morgan fingerprint density at radius 1 is 1.44 bits per heavy atom. The van der Waals surface area contributed by atoms with Gasteiger partial charge in [0.1, 0.15) is 17.9 Å². The molecule has 1 saturated carbocycles. The van der Waals surface area contributed by atoms with Gasteiger partial charge in [0.2, 0.25) is 0 Å². The molecule has 1 aromatic heterocycles. The molecule has 2 aromatic rings. The summed E-state index contributed by atoms with van der Waals surface area (Å²) in [6, 6.07) is 10.6. The molecule has 2 N–H and O–H groups in total. The van der Waals surface area contributed by atoms with Crippen LogP contribution in [0.1, 0.15) is 18.6 Å². The Balaban J connectivity index is 1.73. The van der Waals surface area contributed by atoms with Crippen LogP contribution in [0.4, 0.5) is 0 Å². The van der Waals surface area contributed by atoms with Gasteiger partial charge >= 0.3 is 0 Å². The third-order valence-corrected chi connectivity index (χ3v) is 3.33. The molecule has 0 aliphatic heterocycles. The molecule has 18 heavy (non-hydrogen) atoms. The molecule has 4 nitrogen and oxygen atoms in total. The summed E-state index contributed by atoms with van der Waals surface area (Å²) < 4.78 is 5.69. The van der Waals surface area contributed by atoms with Gasteiger partial charge in [0.05, 0.1) is 0 Å². The van der Waals surface area contributed by atoms with E-state index in [0.717, 1.165) is 16.7 Å². The van der Waals surface area contributed by atoms with Crippen LogP contribution in [0.25, 0.3) is 11.0 Å². The number of nitrogens with zero attached hydrogens (tertiary/aromatic N) is 2. The average molecular weight is 243 g/mol. The second kappa shape index (κ2) is 4.37. The first-order valence-electron chi connectivity index (χ1n) is 6.24. The predicted octanol–water partition coefficient (Wildman–Crippen LogP) is 2.34. The monoisotopic (exact) mass is 243 g/mol. The van der Waals surface area contributed by atoms with Crippen LogP contribution in [-0.4, -0.2) is 23.9 Å². The molecule has 1 aliphatic carbocycles. The van der Waals surface area contributed by atoms with Crippen molar-refractivity contribution in [3.63, 3.8) is 0 Å². The third kappa shape index (κ3) is 2.18. The number of fused-ring (bicyclic) bond motifs is 1. The number of hydrogen-bond donors (Lipinski definition) is 1. The summed E-state index contributed by atoms with van der Waals surface area (Å²) in [5.41, 5.74) is 6.83. The fourth-order valence-electron chi connectivity index (χ4n) is 2.03. The second-order valence-electron chi connectivity index (χ2n) is 4.77. The zero-order valence-corrected chi connectivity index (χ0v) is 10.5. The lowest BCUT2D eigenvalue weighted by Crippen LogP contribution is -2.35. The van der Waals surface area contributed by atoms with E-state index < -0.39 is 0 Å². The highest BCUT2D eigenvalue weighted by atomic mass is 16.3. The summed E-state index contributed by atoms with van der Waals surface area (Å²) in [5, 5.41) is 1.11. The Morgan fingerprint density at radius 3 is 2.94 bits per heavy atom. The maximum atomic E-state index is 5.93. The standard InChI is InChI=1S/C14H17N3O/c1-17(11-6-7-11)14(15)16-9-12-8-10-4-2-3-5-13(10)18-12/h2-5,8,11H,6-7,9H2,1H3,(H2,15,16). The Labute approximate surface area is 106 Å². The van der Waals surface area contributed by atoms with Gasteiger partial charge in [-0.1, -0.05) is 18.2 Å². The van der Waals surface area contributed by atoms with Crippen molar-refractivity contribution < 1.29 is 4.42 Å². The smallest absolute Gasteiger partial charge is 0.191 e. The number of para-hydroxylation sites is 1. The number of hydrogen-bond acceptors (Lipinski definition) is 2. The lowest BCUT2D eigenvalue weighted by Gasteiger charge is -2.16. The van der Waals surface area contributed by atoms with Crippen molar-refractivity contribution in [1.82, 2.24) is 4.90 Å². The van der Waals surface area contributed by atoms with Crippen LogP contribution in [0, 0.1) is 0 Å². The minimum atomic E-state index is 0.498. The highest BCUT2D eigenvalue weighted by Gasteiger charge is 2.27. The lowest BCUT2D eigenvalue weighted by molar-refractivity contribution is 0.483. The largest absolute Gasteiger partial charge is 0.459 e. The van der Waals surface area contributed by atoms with Gasteiger partial charge in [-0.05, 0) is 25.0 Å². The zero-order chi connectivity index (χ0) is 12.5. The molecule has 0 saturated heterocycles. The van der Waals surface area contributed by atoms with Crippen LogP contribution in [0.15, 0.2) is 39.7 Å². The molecule has 0 amide bonds. The first-order chi connectivity index (χ1) is 8.74. The molecule has 0 atom stereocenters. The SMILES string of the molecule is CN(C(N)=NCc1cc2ccccc2o1)C1CC1. The van der Waals surface area contributed by atoms with Gasteiger partial charge in [0, 0.05) is 18.5 Å². The van der Waals surface area contributed by atoms with Crippen molar-refractivity contribution in [2.75, 3.05) is 7.05 Å². The predicted molar refractivity (Wildman–Crippen MR) is 72.3 cm³/mol. The Hall–Kier alpha value is -1.97. The summed E-state index contributed by atoms with van der Waals surface area (Å²) in [6.45, 7) is 0.498. The fraction of sp³-hybridized carbons (Fsp3) is 0.357. The van der Waals surface area contributed by atoms with Crippen molar-refractivity contribution in [2.45, 2.75) is 25.4 Å². The molecule has 1 aromatic carbocycles. The van der Waals surface area contributed by atoms with E-state index in [4.69, 9.17) is 10.2 Å². The van der Waals surface area contributed by atoms with Crippen molar-refractivity contribution >= 4 is 16.9 Å². The van der Waals surface area contributed by atoms with Crippen molar-refractivity contribution in [1.29, 1.82) is 0 Å². The van der Waals surface area contributed by atoms with E-state index in [1.54, 1.807) is 0 Å². The highest BCUT2D eigenvalue weighted by molar-refractivity contribution is 5.79. The summed E-state index contributed by atoms with van der Waals surface area (Å²) in [6.07, 6.45) is 2.44. The van der Waals surface area contributed by atoms with Gasteiger partial charge in [-0.25, -0.2) is 4.99 Å². The van der Waals surface area contributed by atoms with Crippen LogP contribution in [0.5, 0.6) is 0 Å². The summed E-state index contributed by atoms with van der Waals surface area (Å²) in [7, 11) is 2.00. The number of aliphatic imine (C=N–C) groups is 1. The van der Waals surface area contributed by atoms with E-state index in [2.05, 4.69) is 4.99 Å². The molecular formula is C14H17N3O. The molecule has 94 valence electrons. The number of benzene rings is 1. The van der Waals surface area contributed by atoms with Gasteiger partial charge in [-0.15, -0.1) is 0 Å². The number of guanidine groups is 1. The first kappa shape index (κ1) is 11.1. The third-order valence-electron chi connectivity index (χ3n) is 3.33. The van der Waals surface area contributed by atoms with E-state index in [1.807, 2.05) is 42.3 Å². The number of rotatable bonds is 3. The maximum Gasteiger partial charge on any atom is 0.191 e. The second-order valence-corrected chi connectivity index (χ2v) is 4.77. The number of nitrogens with two attached hydrogens (primary N) is 1. The zero-order valence-electron chi connectivity index (χ0n) is 10.5. The van der Waals surface area contributed by atoms with Crippen molar-refractivity contribution in [2.24, 2.45) is 10.7 Å². The molecular weight excluding hydrogens is 226 g/mol. The normalized spacial score (nSPS) is 16.2. The highest BCUT2D eigenvalue weighted by Crippen LogP contribution is 2.25. The Kier molecular flexibility index (Phi) is 2.70. The van der Waals surface area contributed by atoms with Gasteiger partial charge in [-0.2, -0.15) is 0 Å². The van der Waals surface area contributed by atoms with Crippen molar-refractivity contribution in [3.05, 3.63) is 36.1 Å². The fourth-order valence-corrected chi connectivity index (χ4v) is 2.03. The summed E-state index contributed by atoms with van der Waals surface area (Å²) in [5.74, 6) is 1.45. The molecule has 1 heterocycles. The van der Waals surface area contributed by atoms with E-state index in [1.165, 1.54) is 12.8 Å². The lowest BCUT2D eigenvalue weighted by atomic mass is 10.2. The summed E-state index contributed by atoms with van der Waals surface area (Å²) in [4.78, 5) is 6.42. The Morgan fingerprint density at radius 2 is 2.22 bits per heavy atom. The Bertz CT molecular complexity index is 550. The average Bonchev–Trinajstić information content (AvgIpc) is 3.14. The van der Waals surface area contributed by atoms with Gasteiger partial charge in [-0.3, -0.25) is 0 Å². The van der Waals surface area contributed by atoms with Crippen LogP contribution < -0.4 is 5.73 Å². The van der Waals surface area contributed by atoms with E-state index in [9.17, 15) is 0 Å². The van der Waals surface area contributed by atoms with Gasteiger partial charge < -0.3 is 15.1 Å². The minimum absolute atomic E-state index is 0.498. The van der Waals surface area contributed by atoms with Gasteiger partial charge in [0.25, 0.3) is 0 Å². The number of furan rings is 1. The van der Waals surface area contributed by atoms with E-state index >= 15 is 0 Å². The van der Waals surface area contributed by atoms with Crippen molar-refractivity contribution in [3.8, 4) is 0 Å². The minimum Gasteiger partial charge on any atom is -0.459 e. The molecule has 0 unspecified atom stereocenters. The molecule has 0 spiro atoms. The van der Waals surface area contributed by atoms with E-state index in [0.29, 0.717) is 18.5 Å². The van der Waals surface area contributed by atoms with E-state index in [-0.39, 0.29) is 0 Å². The molecule has 1 fully saturated rings. The van der Waals surface area contributed by atoms with Crippen LogP contribution in [0.3, 0.4) is 0 Å². The van der Waals surface area contributed by atoms with Crippen LogP contribution >= 0.6 is 0 Å². The molecule has 0 bridgehead atoms. The topological polar surface area (TPSA) is 54.8 Å².